The van der Waals surface area contributed by atoms with Crippen LogP contribution in [-0.2, 0) is 4.79 Å². The van der Waals surface area contributed by atoms with E-state index in [9.17, 15) is 4.79 Å². The molecule has 3 aromatic carbocycles. The average molecular weight is 586 g/mol. The predicted octanol–water partition coefficient (Wildman–Crippen LogP) is 7.08. The number of hydrogen-bond donors (Lipinski definition) is 1. The number of aryl methyl sites for hydroxylation is 1. The molecule has 0 unspecified atom stereocenters. The number of carbonyl (C=O) groups is 1. The summed E-state index contributed by atoms with van der Waals surface area (Å²) < 4.78 is 11.5. The lowest BCUT2D eigenvalue weighted by Crippen LogP contribution is -2.35. The number of amidine groups is 2. The molecule has 2 aliphatic rings. The number of hydrazone groups is 1. The molecule has 2 heterocycles. The normalized spacial score (nSPS) is 15.9. The van der Waals surface area contributed by atoms with Gasteiger partial charge in [0, 0.05) is 5.56 Å². The highest BCUT2D eigenvalue weighted by Crippen LogP contribution is 2.36. The van der Waals surface area contributed by atoms with Crippen LogP contribution in [0, 0.1) is 12.3 Å². The van der Waals surface area contributed by atoms with Gasteiger partial charge in [-0.3, -0.25) is 10.2 Å². The standard InChI is InChI=1S/C27H19Cl3N4O3S/c1-15-6-2-5-9-22(15)36-10-11-37-23-20(29)13-16(14-21(23)30)12-18-24(31)34-27(32-25(18)35)38-26(33-34)17-7-3-4-8-19(17)28/h2-9,12-14,31H,10-11H2,1H3/b18-12+,31-24?. The average Bonchev–Trinajstić information content (AvgIpc) is 3.31. The Morgan fingerprint density at radius 2 is 1.66 bits per heavy atom. The zero-order chi connectivity index (χ0) is 26.8. The summed E-state index contributed by atoms with van der Waals surface area (Å²) in [6.45, 7) is 2.50. The number of para-hydroxylation sites is 1. The third kappa shape index (κ3) is 5.44. The maximum Gasteiger partial charge on any atom is 0.283 e. The van der Waals surface area contributed by atoms with Crippen LogP contribution in [0.5, 0.6) is 11.5 Å². The molecule has 192 valence electrons. The molecule has 38 heavy (non-hydrogen) atoms. The summed E-state index contributed by atoms with van der Waals surface area (Å²) in [5, 5.41) is 16.3. The highest BCUT2D eigenvalue weighted by atomic mass is 35.5. The molecule has 0 aromatic heterocycles. The number of nitrogens with zero attached hydrogens (tertiary/aromatic N) is 3. The van der Waals surface area contributed by atoms with Gasteiger partial charge in [0.25, 0.3) is 5.91 Å². The number of thioether (sulfide) groups is 1. The van der Waals surface area contributed by atoms with E-state index in [1.165, 1.54) is 22.8 Å². The van der Waals surface area contributed by atoms with Crippen molar-refractivity contribution in [1.29, 1.82) is 5.41 Å². The van der Waals surface area contributed by atoms with E-state index in [1.54, 1.807) is 18.2 Å². The lowest BCUT2D eigenvalue weighted by molar-refractivity contribution is -0.114. The second-order valence-electron chi connectivity index (χ2n) is 8.18. The van der Waals surface area contributed by atoms with E-state index in [0.717, 1.165) is 11.3 Å². The van der Waals surface area contributed by atoms with Crippen molar-refractivity contribution in [3.05, 3.63) is 98.0 Å². The van der Waals surface area contributed by atoms with E-state index in [0.29, 0.717) is 38.7 Å². The lowest BCUT2D eigenvalue weighted by atomic mass is 10.1. The van der Waals surface area contributed by atoms with Gasteiger partial charge in [-0.25, -0.2) is 0 Å². The van der Waals surface area contributed by atoms with Crippen LogP contribution in [0.4, 0.5) is 0 Å². The summed E-state index contributed by atoms with van der Waals surface area (Å²) in [5.74, 6) is 0.403. The van der Waals surface area contributed by atoms with Crippen LogP contribution in [0.1, 0.15) is 16.7 Å². The Balaban J connectivity index is 1.31. The summed E-state index contributed by atoms with van der Waals surface area (Å²) in [5.41, 5.74) is 2.28. The van der Waals surface area contributed by atoms with Gasteiger partial charge in [-0.1, -0.05) is 71.2 Å². The Labute approximate surface area is 238 Å². The third-order valence-electron chi connectivity index (χ3n) is 5.57. The Hall–Kier alpha value is -3.30. The number of halogens is 3. The van der Waals surface area contributed by atoms with Gasteiger partial charge in [-0.15, -0.1) is 0 Å². The Morgan fingerprint density at radius 1 is 0.974 bits per heavy atom. The van der Waals surface area contributed by atoms with Gasteiger partial charge in [0.15, 0.2) is 11.6 Å². The maximum atomic E-state index is 12.8. The van der Waals surface area contributed by atoms with Crippen molar-refractivity contribution in [3.63, 3.8) is 0 Å². The molecule has 0 saturated heterocycles. The first-order valence-electron chi connectivity index (χ1n) is 11.4. The summed E-state index contributed by atoms with van der Waals surface area (Å²) in [4.78, 5) is 16.9. The first-order valence-corrected chi connectivity index (χ1v) is 13.3. The van der Waals surface area contributed by atoms with Gasteiger partial charge >= 0.3 is 0 Å². The molecule has 0 spiro atoms. The minimum atomic E-state index is -0.565. The Bertz CT molecular complexity index is 1530. The number of fused-ring (bicyclic) bond motifs is 1. The lowest BCUT2D eigenvalue weighted by Gasteiger charge is -2.20. The second-order valence-corrected chi connectivity index (χ2v) is 10.4. The summed E-state index contributed by atoms with van der Waals surface area (Å²) in [6, 6.07) is 18.1. The van der Waals surface area contributed by atoms with Crippen LogP contribution in [0.3, 0.4) is 0 Å². The van der Waals surface area contributed by atoms with Crippen molar-refractivity contribution in [2.75, 3.05) is 13.2 Å². The molecule has 0 saturated carbocycles. The van der Waals surface area contributed by atoms with Gasteiger partial charge < -0.3 is 9.47 Å². The van der Waals surface area contributed by atoms with Crippen LogP contribution < -0.4 is 9.47 Å². The quantitative estimate of drug-likeness (QED) is 0.236. The molecule has 0 fully saturated rings. The van der Waals surface area contributed by atoms with Crippen LogP contribution in [0.2, 0.25) is 15.1 Å². The summed E-state index contributed by atoms with van der Waals surface area (Å²) >= 11 is 20.4. The van der Waals surface area contributed by atoms with Crippen LogP contribution in [0.15, 0.2) is 76.3 Å². The first kappa shape index (κ1) is 26.3. The highest BCUT2D eigenvalue weighted by molar-refractivity contribution is 8.27. The largest absolute Gasteiger partial charge is 0.490 e. The van der Waals surface area contributed by atoms with Crippen molar-refractivity contribution in [3.8, 4) is 11.5 Å². The number of nitrogens with one attached hydrogen (secondary N) is 1. The SMILES string of the molecule is Cc1ccccc1OCCOc1c(Cl)cc(/C=C2\C(=N)N3N=C(c4ccccc4Cl)SC3=NC2=O)cc1Cl. The number of ether oxygens (including phenoxy) is 2. The number of benzene rings is 3. The minimum absolute atomic E-state index is 0.0472. The maximum absolute atomic E-state index is 12.8. The molecule has 0 atom stereocenters. The number of rotatable bonds is 7. The number of carbonyl (C=O) groups excluding carboxylic acids is 1. The van der Waals surface area contributed by atoms with Gasteiger partial charge in [0.2, 0.25) is 5.17 Å². The van der Waals surface area contributed by atoms with Gasteiger partial charge in [-0.05, 0) is 60.2 Å². The predicted molar refractivity (Wildman–Crippen MR) is 154 cm³/mol. The fourth-order valence-electron chi connectivity index (χ4n) is 3.72. The van der Waals surface area contributed by atoms with Gasteiger partial charge in [-0.2, -0.15) is 15.1 Å². The summed E-state index contributed by atoms with van der Waals surface area (Å²) in [6.07, 6.45) is 1.50. The van der Waals surface area contributed by atoms with Crippen molar-refractivity contribution >= 4 is 74.6 Å². The smallest absolute Gasteiger partial charge is 0.283 e. The molecule has 0 aliphatic carbocycles. The van der Waals surface area contributed by atoms with Gasteiger partial charge in [0.05, 0.1) is 20.6 Å². The molecule has 0 radical (unpaired) electrons. The van der Waals surface area contributed by atoms with Crippen LogP contribution >= 0.6 is 46.6 Å². The zero-order valence-electron chi connectivity index (χ0n) is 19.9. The van der Waals surface area contributed by atoms with Crippen LogP contribution in [-0.4, -0.2) is 40.2 Å². The fraction of sp³-hybridized carbons (Fsp3) is 0.111. The molecule has 0 bridgehead atoms. The molecule has 7 nitrogen and oxygen atoms in total. The second kappa shape index (κ2) is 11.2. The molecule has 5 rings (SSSR count). The Kier molecular flexibility index (Phi) is 7.76. The van der Waals surface area contributed by atoms with Crippen LogP contribution in [0.25, 0.3) is 6.08 Å². The van der Waals surface area contributed by atoms with Crippen molar-refractivity contribution < 1.29 is 14.3 Å². The first-order chi connectivity index (χ1) is 18.3. The third-order valence-corrected chi connectivity index (χ3v) is 7.40. The topological polar surface area (TPSA) is 87.3 Å². The van der Waals surface area contributed by atoms with E-state index in [4.69, 9.17) is 49.7 Å². The van der Waals surface area contributed by atoms with E-state index >= 15 is 0 Å². The molecule has 3 aromatic rings. The molecule has 2 aliphatic heterocycles. The monoisotopic (exact) mass is 584 g/mol. The van der Waals surface area contributed by atoms with Crippen molar-refractivity contribution in [2.24, 2.45) is 10.1 Å². The number of hydrogen-bond acceptors (Lipinski definition) is 6. The molecular formula is C27H19Cl3N4O3S. The zero-order valence-corrected chi connectivity index (χ0v) is 23.0. The summed E-state index contributed by atoms with van der Waals surface area (Å²) in [7, 11) is 0. The van der Waals surface area contributed by atoms with Gasteiger partial charge in [0.1, 0.15) is 24.0 Å². The van der Waals surface area contributed by atoms with Crippen molar-refractivity contribution in [2.45, 2.75) is 6.92 Å². The highest BCUT2D eigenvalue weighted by Gasteiger charge is 2.36. The van der Waals surface area contributed by atoms with E-state index in [-0.39, 0.29) is 28.1 Å². The minimum Gasteiger partial charge on any atom is -0.490 e. The fourth-order valence-corrected chi connectivity index (χ4v) is 5.54. The molecular weight excluding hydrogens is 567 g/mol. The number of aliphatic imine (C=N–C) groups is 1. The number of amides is 1. The van der Waals surface area contributed by atoms with Crippen molar-refractivity contribution in [1.82, 2.24) is 5.01 Å². The van der Waals surface area contributed by atoms with E-state index in [2.05, 4.69) is 10.1 Å². The van der Waals surface area contributed by atoms with E-state index < -0.39 is 5.91 Å². The molecule has 1 amide bonds. The molecule has 11 heteroatoms. The molecule has 1 N–H and O–H groups in total. The Morgan fingerprint density at radius 3 is 2.39 bits per heavy atom. The van der Waals surface area contributed by atoms with E-state index in [1.807, 2.05) is 49.4 Å².